The molecule has 0 spiro atoms. The molecule has 1 aromatic heterocycles. The van der Waals surface area contributed by atoms with Crippen molar-refractivity contribution in [3.05, 3.63) is 35.3 Å². The Morgan fingerprint density at radius 1 is 1.07 bits per heavy atom. The summed E-state index contributed by atoms with van der Waals surface area (Å²) in [6.45, 7) is 6.25. The normalized spacial score (nSPS) is 17.7. The van der Waals surface area contributed by atoms with Crippen LogP contribution in [0.15, 0.2) is 29.6 Å². The summed E-state index contributed by atoms with van der Waals surface area (Å²) in [4.78, 5) is 34.9. The Morgan fingerprint density at radius 3 is 2.53 bits per heavy atom. The molecule has 2 fully saturated rings. The first kappa shape index (κ1) is 20.6. The summed E-state index contributed by atoms with van der Waals surface area (Å²) < 4.78 is 5.38. The number of amides is 2. The highest BCUT2D eigenvalue weighted by Crippen LogP contribution is 2.28. The van der Waals surface area contributed by atoms with Crippen molar-refractivity contribution in [2.24, 2.45) is 5.73 Å². The van der Waals surface area contributed by atoms with E-state index in [0.717, 1.165) is 55.8 Å². The summed E-state index contributed by atoms with van der Waals surface area (Å²) in [6.07, 6.45) is 0. The molecule has 0 radical (unpaired) electrons. The van der Waals surface area contributed by atoms with Crippen LogP contribution in [0.2, 0.25) is 0 Å². The van der Waals surface area contributed by atoms with Crippen molar-refractivity contribution in [2.75, 3.05) is 74.1 Å². The number of anilines is 3. The summed E-state index contributed by atoms with van der Waals surface area (Å²) in [7, 11) is 0. The van der Waals surface area contributed by atoms with Crippen LogP contribution in [0.25, 0.3) is 0 Å². The van der Waals surface area contributed by atoms with E-state index in [9.17, 15) is 9.59 Å². The second-order valence-corrected chi connectivity index (χ2v) is 8.15. The first-order valence-electron chi connectivity index (χ1n) is 10.0. The summed E-state index contributed by atoms with van der Waals surface area (Å²) in [6, 6.07) is 7.76. The molecule has 160 valence electrons. The molecule has 0 atom stereocenters. The maximum absolute atomic E-state index is 12.8. The number of nitrogens with one attached hydrogen (secondary N) is 1. The van der Waals surface area contributed by atoms with Gasteiger partial charge in [-0.05, 0) is 12.1 Å². The number of hydrogen-bond donors (Lipinski definition) is 2. The number of aromatic nitrogens is 1. The van der Waals surface area contributed by atoms with Crippen LogP contribution in [0.5, 0.6) is 0 Å². The molecule has 1 aromatic carbocycles. The number of carbonyl (C=O) groups is 2. The number of nitrogens with zero attached hydrogens (tertiary/aromatic N) is 4. The molecule has 0 saturated carbocycles. The van der Waals surface area contributed by atoms with Gasteiger partial charge in [-0.2, -0.15) is 0 Å². The molecule has 0 bridgehead atoms. The van der Waals surface area contributed by atoms with Crippen molar-refractivity contribution in [3.8, 4) is 0 Å². The Balaban J connectivity index is 1.41. The van der Waals surface area contributed by atoms with E-state index in [-0.39, 0.29) is 18.4 Å². The quantitative estimate of drug-likeness (QED) is 0.700. The Kier molecular flexibility index (Phi) is 6.46. The number of nitrogens with two attached hydrogens (primary N) is 1. The predicted molar refractivity (Wildman–Crippen MR) is 117 cm³/mol. The number of para-hydroxylation sites is 2. The fourth-order valence-electron chi connectivity index (χ4n) is 3.68. The van der Waals surface area contributed by atoms with E-state index in [1.54, 1.807) is 5.38 Å². The summed E-state index contributed by atoms with van der Waals surface area (Å²) in [5, 5.41) is 5.66. The third-order valence-electron chi connectivity index (χ3n) is 5.25. The molecule has 9 nitrogen and oxygen atoms in total. The molecule has 30 heavy (non-hydrogen) atoms. The lowest BCUT2D eigenvalue weighted by Gasteiger charge is -2.36. The highest BCUT2D eigenvalue weighted by Gasteiger charge is 2.22. The number of hydrogen-bond acceptors (Lipinski definition) is 8. The number of thiazole rings is 1. The maximum atomic E-state index is 12.8. The number of primary amides is 1. The minimum atomic E-state index is -0.309. The fourth-order valence-corrected chi connectivity index (χ4v) is 4.54. The van der Waals surface area contributed by atoms with E-state index in [2.05, 4.69) is 20.1 Å². The SMILES string of the molecule is NC(=O)CN1CCN(c2ccccc2NC(=O)c2csc(N3CCOCC3)n2)CC1. The van der Waals surface area contributed by atoms with Gasteiger partial charge in [-0.1, -0.05) is 12.1 Å². The van der Waals surface area contributed by atoms with Gasteiger partial charge in [0.05, 0.1) is 31.1 Å². The van der Waals surface area contributed by atoms with Gasteiger partial charge in [-0.3, -0.25) is 14.5 Å². The lowest BCUT2D eigenvalue weighted by Crippen LogP contribution is -2.49. The minimum absolute atomic E-state index is 0.217. The number of carbonyl (C=O) groups excluding carboxylic acids is 2. The number of benzene rings is 1. The van der Waals surface area contributed by atoms with E-state index < -0.39 is 0 Å². The van der Waals surface area contributed by atoms with Crippen LogP contribution in [0.3, 0.4) is 0 Å². The first-order valence-corrected chi connectivity index (χ1v) is 10.9. The average molecular weight is 431 g/mol. The van der Waals surface area contributed by atoms with Crippen LogP contribution in [0, 0.1) is 0 Å². The van der Waals surface area contributed by atoms with Crippen LogP contribution in [-0.4, -0.2) is 80.7 Å². The Bertz CT molecular complexity index is 890. The van der Waals surface area contributed by atoms with E-state index >= 15 is 0 Å². The van der Waals surface area contributed by atoms with Gasteiger partial charge >= 0.3 is 0 Å². The van der Waals surface area contributed by atoms with Crippen LogP contribution < -0.4 is 20.9 Å². The second kappa shape index (κ2) is 9.41. The molecule has 2 aliphatic rings. The van der Waals surface area contributed by atoms with Crippen molar-refractivity contribution in [1.29, 1.82) is 0 Å². The average Bonchev–Trinajstić information content (AvgIpc) is 3.26. The highest BCUT2D eigenvalue weighted by atomic mass is 32.1. The molecule has 0 aliphatic carbocycles. The Hall–Kier alpha value is -2.69. The number of piperazine rings is 1. The van der Waals surface area contributed by atoms with Gasteiger partial charge in [-0.25, -0.2) is 4.98 Å². The molecule has 3 heterocycles. The topological polar surface area (TPSA) is 104 Å². The number of ether oxygens (including phenoxy) is 1. The van der Waals surface area contributed by atoms with Crippen molar-refractivity contribution in [3.63, 3.8) is 0 Å². The lowest BCUT2D eigenvalue weighted by molar-refractivity contribution is -0.119. The summed E-state index contributed by atoms with van der Waals surface area (Å²) in [5.74, 6) is -0.526. The third kappa shape index (κ3) is 4.89. The van der Waals surface area contributed by atoms with Crippen LogP contribution >= 0.6 is 11.3 Å². The van der Waals surface area contributed by atoms with Gasteiger partial charge in [-0.15, -0.1) is 11.3 Å². The Labute approximate surface area is 179 Å². The molecule has 10 heteroatoms. The lowest BCUT2D eigenvalue weighted by atomic mass is 10.2. The third-order valence-corrected chi connectivity index (χ3v) is 6.15. The molecule has 0 unspecified atom stereocenters. The zero-order valence-electron chi connectivity index (χ0n) is 16.7. The second-order valence-electron chi connectivity index (χ2n) is 7.32. The number of morpholine rings is 1. The van der Waals surface area contributed by atoms with E-state index in [4.69, 9.17) is 10.5 Å². The van der Waals surface area contributed by atoms with Gasteiger partial charge in [0.2, 0.25) is 5.91 Å². The summed E-state index contributed by atoms with van der Waals surface area (Å²) in [5.41, 5.74) is 7.44. The van der Waals surface area contributed by atoms with E-state index in [0.29, 0.717) is 18.9 Å². The standard InChI is InChI=1S/C20H26N6O3S/c21-18(27)13-24-5-7-25(8-6-24)17-4-2-1-3-15(17)22-19(28)16-14-30-20(23-16)26-9-11-29-12-10-26/h1-4,14H,5-13H2,(H2,21,27)(H,22,28). The van der Waals surface area contributed by atoms with Gasteiger partial charge in [0.25, 0.3) is 5.91 Å². The molecular weight excluding hydrogens is 404 g/mol. The zero-order valence-corrected chi connectivity index (χ0v) is 17.6. The summed E-state index contributed by atoms with van der Waals surface area (Å²) >= 11 is 1.48. The molecule has 2 amide bonds. The zero-order chi connectivity index (χ0) is 20.9. The predicted octanol–water partition coefficient (Wildman–Crippen LogP) is 0.839. The van der Waals surface area contributed by atoms with E-state index in [1.807, 2.05) is 29.2 Å². The van der Waals surface area contributed by atoms with Crippen LogP contribution in [0.1, 0.15) is 10.5 Å². The molecule has 2 aromatic rings. The highest BCUT2D eigenvalue weighted by molar-refractivity contribution is 7.14. The van der Waals surface area contributed by atoms with E-state index in [1.165, 1.54) is 11.3 Å². The van der Waals surface area contributed by atoms with Gasteiger partial charge in [0, 0.05) is 44.6 Å². The van der Waals surface area contributed by atoms with Crippen molar-refractivity contribution in [1.82, 2.24) is 9.88 Å². The van der Waals surface area contributed by atoms with Gasteiger partial charge in [0.15, 0.2) is 5.13 Å². The number of rotatable bonds is 6. The minimum Gasteiger partial charge on any atom is -0.378 e. The van der Waals surface area contributed by atoms with Crippen LogP contribution in [-0.2, 0) is 9.53 Å². The molecule has 2 saturated heterocycles. The molecule has 3 N–H and O–H groups in total. The van der Waals surface area contributed by atoms with Gasteiger partial charge in [0.1, 0.15) is 5.69 Å². The smallest absolute Gasteiger partial charge is 0.275 e. The molecular formula is C20H26N6O3S. The van der Waals surface area contributed by atoms with Gasteiger partial charge < -0.3 is 25.6 Å². The van der Waals surface area contributed by atoms with Crippen molar-refractivity contribution < 1.29 is 14.3 Å². The van der Waals surface area contributed by atoms with Crippen molar-refractivity contribution in [2.45, 2.75) is 0 Å². The molecule has 2 aliphatic heterocycles. The monoisotopic (exact) mass is 430 g/mol. The maximum Gasteiger partial charge on any atom is 0.275 e. The van der Waals surface area contributed by atoms with Crippen molar-refractivity contribution >= 4 is 39.7 Å². The molecule has 4 rings (SSSR count). The fraction of sp³-hybridized carbons (Fsp3) is 0.450. The Morgan fingerprint density at radius 2 is 1.80 bits per heavy atom. The van der Waals surface area contributed by atoms with Crippen LogP contribution in [0.4, 0.5) is 16.5 Å². The largest absolute Gasteiger partial charge is 0.378 e. The first-order chi connectivity index (χ1) is 14.6.